The molecule has 1 rings (SSSR count). The van der Waals surface area contributed by atoms with E-state index in [-0.39, 0.29) is 23.9 Å². The fourth-order valence-corrected chi connectivity index (χ4v) is 1.66. The molecule has 2 atom stereocenters. The number of piperazine rings is 1. The first-order valence-electron chi connectivity index (χ1n) is 6.29. The van der Waals surface area contributed by atoms with E-state index in [4.69, 9.17) is 0 Å². The Morgan fingerprint density at radius 3 is 1.44 bits per heavy atom. The van der Waals surface area contributed by atoms with Crippen molar-refractivity contribution in [1.82, 2.24) is 10.6 Å². The zero-order chi connectivity index (χ0) is 12.6. The second-order valence-corrected chi connectivity index (χ2v) is 3.70. The summed E-state index contributed by atoms with van der Waals surface area (Å²) in [7, 11) is 0. The van der Waals surface area contributed by atoms with E-state index in [0.29, 0.717) is 0 Å². The van der Waals surface area contributed by atoms with Crippen molar-refractivity contribution in [1.29, 1.82) is 0 Å². The minimum absolute atomic E-state index is 0.0371. The quantitative estimate of drug-likeness (QED) is 0.767. The van der Waals surface area contributed by atoms with E-state index in [1.54, 1.807) is 0 Å². The van der Waals surface area contributed by atoms with E-state index in [9.17, 15) is 9.59 Å². The molecule has 2 N–H and O–H groups in total. The number of hydrogen-bond donors (Lipinski definition) is 2. The van der Waals surface area contributed by atoms with Gasteiger partial charge in [-0.2, -0.15) is 0 Å². The molecule has 0 aromatic heterocycles. The molecule has 94 valence electrons. The van der Waals surface area contributed by atoms with Crippen LogP contribution in [0.3, 0.4) is 0 Å². The number of nitrogens with one attached hydrogen (secondary N) is 2. The molecular formula is C12H24N2O2. The van der Waals surface area contributed by atoms with E-state index in [0.717, 1.165) is 25.7 Å². The molecule has 0 saturated carbocycles. The lowest BCUT2D eigenvalue weighted by atomic mass is 10.0. The van der Waals surface area contributed by atoms with Crippen LogP contribution in [0.1, 0.15) is 53.4 Å². The van der Waals surface area contributed by atoms with Crippen LogP contribution >= 0.6 is 0 Å². The van der Waals surface area contributed by atoms with Gasteiger partial charge in [-0.15, -0.1) is 0 Å². The average molecular weight is 228 g/mol. The van der Waals surface area contributed by atoms with Crippen molar-refractivity contribution in [2.45, 2.75) is 65.5 Å². The van der Waals surface area contributed by atoms with Gasteiger partial charge in [-0.3, -0.25) is 9.59 Å². The van der Waals surface area contributed by atoms with E-state index in [1.165, 1.54) is 0 Å². The molecule has 0 aromatic carbocycles. The van der Waals surface area contributed by atoms with Crippen molar-refractivity contribution < 1.29 is 9.59 Å². The Balaban J connectivity index is 0.00000106. The van der Waals surface area contributed by atoms with Crippen molar-refractivity contribution in [3.63, 3.8) is 0 Å². The van der Waals surface area contributed by atoms with Crippen molar-refractivity contribution in [3.8, 4) is 0 Å². The third kappa shape index (κ3) is 4.21. The Labute approximate surface area is 98.2 Å². The molecule has 2 amide bonds. The predicted octanol–water partition coefficient (Wildman–Crippen LogP) is 1.60. The van der Waals surface area contributed by atoms with Crippen molar-refractivity contribution in [3.05, 3.63) is 0 Å². The zero-order valence-corrected chi connectivity index (χ0v) is 10.8. The summed E-state index contributed by atoms with van der Waals surface area (Å²) in [5, 5.41) is 5.50. The van der Waals surface area contributed by atoms with Gasteiger partial charge in [0.15, 0.2) is 0 Å². The SMILES string of the molecule is CC.CCCC1NC(=O)C(CCC)NC1=O. The van der Waals surface area contributed by atoms with Crippen LogP contribution in [0.2, 0.25) is 0 Å². The van der Waals surface area contributed by atoms with Crippen LogP contribution in [0, 0.1) is 0 Å². The average Bonchev–Trinajstić information content (AvgIpc) is 2.29. The van der Waals surface area contributed by atoms with Crippen LogP contribution in [0.5, 0.6) is 0 Å². The first-order chi connectivity index (χ1) is 7.69. The first-order valence-corrected chi connectivity index (χ1v) is 6.29. The van der Waals surface area contributed by atoms with Crippen LogP contribution < -0.4 is 10.6 Å². The monoisotopic (exact) mass is 228 g/mol. The number of rotatable bonds is 4. The van der Waals surface area contributed by atoms with Crippen molar-refractivity contribution >= 4 is 11.8 Å². The number of carbonyl (C=O) groups excluding carboxylic acids is 2. The third-order valence-electron chi connectivity index (χ3n) is 2.42. The Bertz CT molecular complexity index is 205. The van der Waals surface area contributed by atoms with Gasteiger partial charge in [-0.05, 0) is 12.8 Å². The van der Waals surface area contributed by atoms with Gasteiger partial charge in [0.05, 0.1) is 0 Å². The minimum Gasteiger partial charge on any atom is -0.343 e. The van der Waals surface area contributed by atoms with Crippen LogP contribution in [0.4, 0.5) is 0 Å². The predicted molar refractivity (Wildman–Crippen MR) is 65.0 cm³/mol. The highest BCUT2D eigenvalue weighted by molar-refractivity contribution is 5.96. The second-order valence-electron chi connectivity index (χ2n) is 3.70. The molecule has 16 heavy (non-hydrogen) atoms. The third-order valence-corrected chi connectivity index (χ3v) is 2.42. The number of hydrogen-bond acceptors (Lipinski definition) is 2. The van der Waals surface area contributed by atoms with Crippen molar-refractivity contribution in [2.75, 3.05) is 0 Å². The molecular weight excluding hydrogens is 204 g/mol. The van der Waals surface area contributed by atoms with Gasteiger partial charge in [0.1, 0.15) is 12.1 Å². The van der Waals surface area contributed by atoms with Crippen molar-refractivity contribution in [2.24, 2.45) is 0 Å². The highest BCUT2D eigenvalue weighted by atomic mass is 16.2. The van der Waals surface area contributed by atoms with E-state index in [2.05, 4.69) is 10.6 Å². The topological polar surface area (TPSA) is 58.2 Å². The summed E-state index contributed by atoms with van der Waals surface area (Å²) < 4.78 is 0. The first kappa shape index (κ1) is 14.9. The van der Waals surface area contributed by atoms with Gasteiger partial charge in [0.25, 0.3) is 0 Å². The number of carbonyl (C=O) groups is 2. The lowest BCUT2D eigenvalue weighted by molar-refractivity contribution is -0.137. The molecule has 1 heterocycles. The Morgan fingerprint density at radius 2 is 1.19 bits per heavy atom. The molecule has 1 aliphatic heterocycles. The molecule has 0 aromatic rings. The highest BCUT2D eigenvalue weighted by Crippen LogP contribution is 2.07. The Hall–Kier alpha value is -1.06. The van der Waals surface area contributed by atoms with Crippen LogP contribution in [0.25, 0.3) is 0 Å². The van der Waals surface area contributed by atoms with Gasteiger partial charge in [-0.1, -0.05) is 40.5 Å². The van der Waals surface area contributed by atoms with Crippen LogP contribution in [0.15, 0.2) is 0 Å². The van der Waals surface area contributed by atoms with Gasteiger partial charge in [0, 0.05) is 0 Å². The summed E-state index contributed by atoms with van der Waals surface area (Å²) in [6.45, 7) is 8.00. The van der Waals surface area contributed by atoms with E-state index >= 15 is 0 Å². The maximum Gasteiger partial charge on any atom is 0.243 e. The lowest BCUT2D eigenvalue weighted by Crippen LogP contribution is -2.61. The molecule has 1 saturated heterocycles. The summed E-state index contributed by atoms with van der Waals surface area (Å²) in [6, 6.07) is -0.638. The Kier molecular flexibility index (Phi) is 7.60. The van der Waals surface area contributed by atoms with Gasteiger partial charge < -0.3 is 10.6 Å². The molecule has 0 bridgehead atoms. The van der Waals surface area contributed by atoms with Gasteiger partial charge in [-0.25, -0.2) is 0 Å². The Morgan fingerprint density at radius 1 is 0.875 bits per heavy atom. The summed E-state index contributed by atoms with van der Waals surface area (Å²) >= 11 is 0. The molecule has 0 radical (unpaired) electrons. The molecule has 0 aliphatic carbocycles. The summed E-state index contributed by atoms with van der Waals surface area (Å²) in [5.41, 5.74) is 0. The molecule has 1 aliphatic rings. The molecule has 0 spiro atoms. The summed E-state index contributed by atoms with van der Waals surface area (Å²) in [4.78, 5) is 23.0. The van der Waals surface area contributed by atoms with E-state index < -0.39 is 0 Å². The smallest absolute Gasteiger partial charge is 0.243 e. The normalized spacial score (nSPS) is 24.0. The van der Waals surface area contributed by atoms with Gasteiger partial charge in [0.2, 0.25) is 11.8 Å². The fourth-order valence-electron chi connectivity index (χ4n) is 1.66. The fraction of sp³-hybridized carbons (Fsp3) is 0.833. The van der Waals surface area contributed by atoms with Crippen LogP contribution in [-0.4, -0.2) is 23.9 Å². The highest BCUT2D eigenvalue weighted by Gasteiger charge is 2.31. The van der Waals surface area contributed by atoms with Gasteiger partial charge >= 0.3 is 0 Å². The largest absolute Gasteiger partial charge is 0.343 e. The minimum atomic E-state index is -0.319. The summed E-state index contributed by atoms with van der Waals surface area (Å²) in [6.07, 6.45) is 3.24. The molecule has 1 fully saturated rings. The van der Waals surface area contributed by atoms with Crippen LogP contribution in [-0.2, 0) is 9.59 Å². The molecule has 2 unspecified atom stereocenters. The summed E-state index contributed by atoms with van der Waals surface area (Å²) in [5.74, 6) is -0.0743. The second kappa shape index (κ2) is 8.13. The van der Waals surface area contributed by atoms with E-state index in [1.807, 2.05) is 27.7 Å². The maximum absolute atomic E-state index is 11.5. The molecule has 4 heteroatoms. The molecule has 4 nitrogen and oxygen atoms in total. The zero-order valence-electron chi connectivity index (χ0n) is 10.8. The number of amides is 2. The lowest BCUT2D eigenvalue weighted by Gasteiger charge is -2.29. The standard InChI is InChI=1S/C10H18N2O2.C2H6/c1-3-5-7-9(13)12-8(6-4-2)10(14)11-7;1-2/h7-8H,3-6H2,1-2H3,(H,11,14)(H,12,13);1-2H3. The maximum atomic E-state index is 11.5.